The molecule has 0 saturated heterocycles. The zero-order valence-corrected chi connectivity index (χ0v) is 24.3. The number of primary amides is 1. The summed E-state index contributed by atoms with van der Waals surface area (Å²) in [5.41, 5.74) is 4.87. The van der Waals surface area contributed by atoms with E-state index in [9.17, 15) is 32.9 Å². The van der Waals surface area contributed by atoms with Crippen molar-refractivity contribution in [1.82, 2.24) is 24.5 Å². The number of rotatable bonds is 9. The van der Waals surface area contributed by atoms with Gasteiger partial charge < -0.3 is 15.8 Å². The molecule has 0 fully saturated rings. The molecule has 0 bridgehead atoms. The Kier molecular flexibility index (Phi) is 8.00. The Balaban J connectivity index is 1.50. The quantitative estimate of drug-likeness (QED) is 0.152. The average Bonchev–Trinajstić information content (AvgIpc) is 3.68. The van der Waals surface area contributed by atoms with Crippen molar-refractivity contribution < 1.29 is 32.4 Å². The first-order valence-corrected chi connectivity index (χ1v) is 13.8. The molecule has 0 unspecified atom stereocenters. The molecule has 5 aromatic rings. The lowest BCUT2D eigenvalue weighted by Crippen LogP contribution is -2.18. The highest BCUT2D eigenvalue weighted by molar-refractivity contribution is 7.21. The summed E-state index contributed by atoms with van der Waals surface area (Å²) in [6.45, 7) is 3.73. The Morgan fingerprint density at radius 1 is 1.23 bits per heavy atom. The standard InChI is InChI=1S/C26H20ClF3N8O5S/c1-3-37-12(2)15(10-32-37)14-9-19(26(28,29)30)33-25-20(14)21(22(44-25)23(31)39)34-24(40)17-6-7-36(35-17)11-43-18-5-4-13(38(41)42)8-16(18)27/h4-10H,3,11H2,1-2H3,(H2,31,39)(H,34,40). The lowest BCUT2D eigenvalue weighted by atomic mass is 10.0. The predicted octanol–water partition coefficient (Wildman–Crippen LogP) is 5.65. The third-order valence-corrected chi connectivity index (χ3v) is 7.85. The molecule has 0 atom stereocenters. The van der Waals surface area contributed by atoms with E-state index in [1.54, 1.807) is 11.6 Å². The summed E-state index contributed by atoms with van der Waals surface area (Å²) in [5.74, 6) is -1.65. The minimum Gasteiger partial charge on any atom is -0.470 e. The van der Waals surface area contributed by atoms with Crippen LogP contribution in [0.5, 0.6) is 5.75 Å². The molecule has 44 heavy (non-hydrogen) atoms. The summed E-state index contributed by atoms with van der Waals surface area (Å²) >= 11 is 6.66. The van der Waals surface area contributed by atoms with Gasteiger partial charge in [-0.3, -0.25) is 24.4 Å². The molecule has 13 nitrogen and oxygen atoms in total. The van der Waals surface area contributed by atoms with Gasteiger partial charge in [0, 0.05) is 41.5 Å². The number of ether oxygens (including phenoxy) is 1. The molecule has 0 aliphatic carbocycles. The zero-order valence-electron chi connectivity index (χ0n) is 22.7. The normalized spacial score (nSPS) is 11.6. The molecule has 5 rings (SSSR count). The number of anilines is 1. The maximum Gasteiger partial charge on any atom is 0.433 e. The highest BCUT2D eigenvalue weighted by Crippen LogP contribution is 2.44. The Morgan fingerprint density at radius 3 is 2.59 bits per heavy atom. The van der Waals surface area contributed by atoms with Crippen molar-refractivity contribution in [3.63, 3.8) is 0 Å². The number of halogens is 4. The first-order chi connectivity index (χ1) is 20.8. The van der Waals surface area contributed by atoms with E-state index >= 15 is 0 Å². The molecule has 4 aromatic heterocycles. The lowest BCUT2D eigenvalue weighted by molar-refractivity contribution is -0.384. The fourth-order valence-electron chi connectivity index (χ4n) is 4.37. The number of thiophene rings is 1. The van der Waals surface area contributed by atoms with Crippen LogP contribution in [0, 0.1) is 17.0 Å². The number of hydrogen-bond donors (Lipinski definition) is 2. The Morgan fingerprint density at radius 2 is 1.98 bits per heavy atom. The lowest BCUT2D eigenvalue weighted by Gasteiger charge is -2.12. The van der Waals surface area contributed by atoms with Gasteiger partial charge in [0.15, 0.2) is 12.4 Å². The van der Waals surface area contributed by atoms with Crippen molar-refractivity contribution in [2.45, 2.75) is 33.3 Å². The highest BCUT2D eigenvalue weighted by Gasteiger charge is 2.35. The zero-order chi connectivity index (χ0) is 31.9. The molecule has 4 heterocycles. The number of carbonyl (C=O) groups excluding carboxylic acids is 2. The van der Waals surface area contributed by atoms with Gasteiger partial charge in [-0.2, -0.15) is 23.4 Å². The van der Waals surface area contributed by atoms with Gasteiger partial charge in [0.25, 0.3) is 17.5 Å². The van der Waals surface area contributed by atoms with Crippen LogP contribution in [0.2, 0.25) is 5.02 Å². The van der Waals surface area contributed by atoms with E-state index in [-0.39, 0.29) is 55.2 Å². The molecule has 0 radical (unpaired) electrons. The van der Waals surface area contributed by atoms with Crippen LogP contribution >= 0.6 is 22.9 Å². The first kappa shape index (κ1) is 30.4. The van der Waals surface area contributed by atoms with Crippen LogP contribution in [0.15, 0.2) is 42.7 Å². The molecule has 0 spiro atoms. The SMILES string of the molecule is CCn1ncc(-c2cc(C(F)(F)F)nc3sc(C(N)=O)c(NC(=O)c4ccn(COc5ccc([N+](=O)[O-])cc5Cl)n4)c23)c1C. The molecule has 3 N–H and O–H groups in total. The van der Waals surface area contributed by atoms with Crippen molar-refractivity contribution >= 4 is 56.3 Å². The molecule has 18 heteroatoms. The second-order valence-corrected chi connectivity index (χ2v) is 10.6. The Bertz CT molecular complexity index is 1950. The predicted molar refractivity (Wildman–Crippen MR) is 154 cm³/mol. The second kappa shape index (κ2) is 11.6. The van der Waals surface area contributed by atoms with Crippen LogP contribution in [0.1, 0.15) is 38.5 Å². The monoisotopic (exact) mass is 648 g/mol. The number of nitro groups is 1. The second-order valence-electron chi connectivity index (χ2n) is 9.20. The number of nitrogens with one attached hydrogen (secondary N) is 1. The highest BCUT2D eigenvalue weighted by atomic mass is 35.5. The van der Waals surface area contributed by atoms with Gasteiger partial charge in [0.1, 0.15) is 21.2 Å². The van der Waals surface area contributed by atoms with Crippen LogP contribution in [0.3, 0.4) is 0 Å². The van der Waals surface area contributed by atoms with Crippen LogP contribution in [0.4, 0.5) is 24.5 Å². The number of nitrogens with two attached hydrogens (primary N) is 1. The molecule has 0 saturated carbocycles. The molecule has 1 aromatic carbocycles. The van der Waals surface area contributed by atoms with Gasteiger partial charge >= 0.3 is 6.18 Å². The van der Waals surface area contributed by atoms with Crippen LogP contribution in [-0.4, -0.2) is 41.3 Å². The van der Waals surface area contributed by atoms with E-state index < -0.39 is 28.6 Å². The van der Waals surface area contributed by atoms with E-state index in [1.807, 2.05) is 6.92 Å². The maximum absolute atomic E-state index is 13.8. The van der Waals surface area contributed by atoms with Crippen molar-refractivity contribution in [3.05, 3.63) is 79.8 Å². The number of nitrogens with zero attached hydrogens (tertiary/aromatic N) is 6. The molecular weight excluding hydrogens is 629 g/mol. The van der Waals surface area contributed by atoms with Crippen LogP contribution < -0.4 is 15.8 Å². The number of non-ortho nitro benzene ring substituents is 1. The maximum atomic E-state index is 13.8. The summed E-state index contributed by atoms with van der Waals surface area (Å²) in [6.07, 6.45) is -1.99. The van der Waals surface area contributed by atoms with Crippen molar-refractivity contribution in [1.29, 1.82) is 0 Å². The van der Waals surface area contributed by atoms with E-state index in [4.69, 9.17) is 22.1 Å². The third kappa shape index (κ3) is 5.78. The largest absolute Gasteiger partial charge is 0.470 e. The fraction of sp³-hybridized carbons (Fsp3) is 0.192. The Hall–Kier alpha value is -5.03. The third-order valence-electron chi connectivity index (χ3n) is 6.46. The minimum atomic E-state index is -4.80. The molecule has 2 amide bonds. The summed E-state index contributed by atoms with van der Waals surface area (Å²) in [5, 5.41) is 21.9. The van der Waals surface area contributed by atoms with Gasteiger partial charge in [-0.15, -0.1) is 11.3 Å². The summed E-state index contributed by atoms with van der Waals surface area (Å²) in [4.78, 5) is 39.3. The fourth-order valence-corrected chi connectivity index (χ4v) is 5.60. The van der Waals surface area contributed by atoms with E-state index in [0.29, 0.717) is 29.1 Å². The number of hydrogen-bond acceptors (Lipinski definition) is 9. The van der Waals surface area contributed by atoms with Crippen LogP contribution in [-0.2, 0) is 19.5 Å². The number of aromatic nitrogens is 5. The number of amides is 2. The van der Waals surface area contributed by atoms with Gasteiger partial charge in [-0.1, -0.05) is 11.6 Å². The van der Waals surface area contributed by atoms with Crippen molar-refractivity contribution in [2.24, 2.45) is 5.73 Å². The number of pyridine rings is 1. The van der Waals surface area contributed by atoms with Gasteiger partial charge in [-0.05, 0) is 37.6 Å². The first-order valence-electron chi connectivity index (χ1n) is 12.6. The smallest absolute Gasteiger partial charge is 0.433 e. The summed E-state index contributed by atoms with van der Waals surface area (Å²) in [7, 11) is 0. The van der Waals surface area contributed by atoms with Gasteiger partial charge in [0.05, 0.1) is 21.8 Å². The molecule has 228 valence electrons. The van der Waals surface area contributed by atoms with Crippen LogP contribution in [0.25, 0.3) is 21.3 Å². The van der Waals surface area contributed by atoms with Crippen molar-refractivity contribution in [2.75, 3.05) is 5.32 Å². The summed E-state index contributed by atoms with van der Waals surface area (Å²) in [6, 6.07) is 5.82. The number of aryl methyl sites for hydroxylation is 1. The van der Waals surface area contributed by atoms with Crippen molar-refractivity contribution in [3.8, 4) is 16.9 Å². The number of fused-ring (bicyclic) bond motifs is 1. The average molecular weight is 649 g/mol. The van der Waals surface area contributed by atoms with Gasteiger partial charge in [0.2, 0.25) is 0 Å². The topological polar surface area (TPSA) is 173 Å². The number of carbonyl (C=O) groups is 2. The Labute approximate surface area is 254 Å². The number of nitro benzene ring substituents is 1. The number of benzene rings is 1. The summed E-state index contributed by atoms with van der Waals surface area (Å²) < 4.78 is 49.9. The molecule has 0 aliphatic rings. The van der Waals surface area contributed by atoms with E-state index in [2.05, 4.69) is 20.5 Å². The number of alkyl halides is 3. The molecular formula is C26H20ClF3N8O5S. The molecule has 0 aliphatic heterocycles. The minimum absolute atomic E-state index is 0.00884. The van der Waals surface area contributed by atoms with E-state index in [0.717, 1.165) is 12.1 Å². The van der Waals surface area contributed by atoms with Gasteiger partial charge in [-0.25, -0.2) is 9.67 Å². The van der Waals surface area contributed by atoms with E-state index in [1.165, 1.54) is 35.3 Å².